The lowest BCUT2D eigenvalue weighted by atomic mass is 9.91. The number of likely N-dealkylation sites (N-methyl/N-ethyl adjacent to an activating group) is 1. The molecule has 1 heterocycles. The van der Waals surface area contributed by atoms with Gasteiger partial charge in [-0.1, -0.05) is 29.8 Å². The average molecular weight is 425 g/mol. The third-order valence-corrected chi connectivity index (χ3v) is 5.69. The van der Waals surface area contributed by atoms with E-state index in [1.165, 1.54) is 6.42 Å². The summed E-state index contributed by atoms with van der Waals surface area (Å²) in [4.78, 5) is 28.1. The molecule has 2 amide bonds. The number of likely N-dealkylation sites (tertiary alicyclic amines) is 1. The summed E-state index contributed by atoms with van der Waals surface area (Å²) < 4.78 is 0.986. The van der Waals surface area contributed by atoms with E-state index in [0.717, 1.165) is 33.7 Å². The SMILES string of the molecule is Cc1cc(Br)ccc1NC(=O)C[NH+](C)[C@@H](C)C(=O)N1C[C@H](C)C[C@H](C)C1. The summed E-state index contributed by atoms with van der Waals surface area (Å²) >= 11 is 3.42. The minimum absolute atomic E-state index is 0.0760. The molecule has 1 aliphatic heterocycles. The largest absolute Gasteiger partial charge is 0.337 e. The number of aryl methyl sites for hydroxylation is 1. The maximum absolute atomic E-state index is 12.8. The Labute approximate surface area is 165 Å². The quantitative estimate of drug-likeness (QED) is 0.760. The first-order chi connectivity index (χ1) is 12.2. The molecule has 5 nitrogen and oxygen atoms in total. The molecule has 1 unspecified atom stereocenters. The minimum atomic E-state index is -0.232. The second-order valence-electron chi connectivity index (χ2n) is 7.94. The lowest BCUT2D eigenvalue weighted by molar-refractivity contribution is -0.886. The number of anilines is 1. The number of piperidine rings is 1. The van der Waals surface area contributed by atoms with E-state index < -0.39 is 0 Å². The molecule has 0 bridgehead atoms. The van der Waals surface area contributed by atoms with Crippen molar-refractivity contribution in [1.82, 2.24) is 4.90 Å². The molecule has 6 heteroatoms. The molecule has 4 atom stereocenters. The zero-order valence-electron chi connectivity index (χ0n) is 16.4. The van der Waals surface area contributed by atoms with Crippen molar-refractivity contribution in [2.75, 3.05) is 32.0 Å². The molecule has 1 aromatic carbocycles. The van der Waals surface area contributed by atoms with Crippen molar-refractivity contribution < 1.29 is 14.5 Å². The van der Waals surface area contributed by atoms with Crippen LogP contribution in [0.5, 0.6) is 0 Å². The fraction of sp³-hybridized carbons (Fsp3) is 0.600. The van der Waals surface area contributed by atoms with Gasteiger partial charge in [0.25, 0.3) is 11.8 Å². The summed E-state index contributed by atoms with van der Waals surface area (Å²) in [5.41, 5.74) is 1.81. The van der Waals surface area contributed by atoms with Crippen molar-refractivity contribution in [3.63, 3.8) is 0 Å². The van der Waals surface area contributed by atoms with Crippen molar-refractivity contribution in [2.24, 2.45) is 11.8 Å². The number of amides is 2. The summed E-state index contributed by atoms with van der Waals surface area (Å²) in [6, 6.07) is 5.53. The van der Waals surface area contributed by atoms with Crippen molar-refractivity contribution in [2.45, 2.75) is 40.2 Å². The van der Waals surface area contributed by atoms with Gasteiger partial charge in [0.05, 0.1) is 7.05 Å². The molecule has 1 aromatic rings. The molecule has 0 aromatic heterocycles. The smallest absolute Gasteiger partial charge is 0.280 e. The number of nitrogens with one attached hydrogen (secondary N) is 2. The maximum atomic E-state index is 12.8. The van der Waals surface area contributed by atoms with E-state index in [-0.39, 0.29) is 24.4 Å². The van der Waals surface area contributed by atoms with E-state index in [4.69, 9.17) is 0 Å². The standard InChI is InChI=1S/C20H30BrN3O2/c1-13-8-14(2)11-24(10-13)20(26)16(4)23(5)12-19(25)22-18-7-6-17(21)9-15(18)3/h6-7,9,13-14,16H,8,10-12H2,1-5H3,(H,22,25)/p+1/t13-,14+,16-/m0/s1. The number of carbonyl (C=O) groups is 2. The van der Waals surface area contributed by atoms with Crippen LogP contribution in [0.25, 0.3) is 0 Å². The zero-order valence-corrected chi connectivity index (χ0v) is 18.0. The first-order valence-corrected chi connectivity index (χ1v) is 10.1. The number of quaternary nitrogens is 1. The van der Waals surface area contributed by atoms with Gasteiger partial charge in [-0.25, -0.2) is 0 Å². The van der Waals surface area contributed by atoms with Crippen molar-refractivity contribution in [3.05, 3.63) is 28.2 Å². The van der Waals surface area contributed by atoms with Gasteiger partial charge in [-0.2, -0.15) is 0 Å². The average Bonchev–Trinajstić information content (AvgIpc) is 2.55. The van der Waals surface area contributed by atoms with Crippen LogP contribution in [0.15, 0.2) is 22.7 Å². The van der Waals surface area contributed by atoms with E-state index in [1.54, 1.807) is 0 Å². The van der Waals surface area contributed by atoms with Gasteiger partial charge in [0, 0.05) is 23.2 Å². The molecule has 0 saturated carbocycles. The predicted octanol–water partition coefficient (Wildman–Crippen LogP) is 2.10. The maximum Gasteiger partial charge on any atom is 0.280 e. The highest BCUT2D eigenvalue weighted by Gasteiger charge is 2.32. The normalized spacial score (nSPS) is 22.6. The van der Waals surface area contributed by atoms with E-state index in [1.807, 2.05) is 44.0 Å². The zero-order chi connectivity index (χ0) is 19.4. The molecule has 0 aliphatic carbocycles. The van der Waals surface area contributed by atoms with Crippen LogP contribution in [0.1, 0.15) is 32.8 Å². The van der Waals surface area contributed by atoms with Crippen LogP contribution in [0, 0.1) is 18.8 Å². The highest BCUT2D eigenvalue weighted by molar-refractivity contribution is 9.10. The Balaban J connectivity index is 1.92. The van der Waals surface area contributed by atoms with E-state index in [2.05, 4.69) is 35.1 Å². The van der Waals surface area contributed by atoms with Crippen LogP contribution in [0.3, 0.4) is 0 Å². The summed E-state index contributed by atoms with van der Waals surface area (Å²) in [6.45, 7) is 10.2. The molecule has 0 radical (unpaired) electrons. The van der Waals surface area contributed by atoms with Gasteiger partial charge in [0.15, 0.2) is 12.6 Å². The number of carbonyl (C=O) groups excluding carboxylic acids is 2. The first-order valence-electron chi connectivity index (χ1n) is 9.34. The topological polar surface area (TPSA) is 53.9 Å². The molecular formula is C20H31BrN3O2+. The van der Waals surface area contributed by atoms with Crippen molar-refractivity contribution in [3.8, 4) is 0 Å². The van der Waals surface area contributed by atoms with E-state index in [9.17, 15) is 9.59 Å². The highest BCUT2D eigenvalue weighted by Crippen LogP contribution is 2.21. The van der Waals surface area contributed by atoms with Gasteiger partial charge in [-0.15, -0.1) is 0 Å². The summed E-state index contributed by atoms with van der Waals surface area (Å²) in [5, 5.41) is 2.95. The summed E-state index contributed by atoms with van der Waals surface area (Å²) in [7, 11) is 1.91. The number of halogens is 1. The summed E-state index contributed by atoms with van der Waals surface area (Å²) in [6.07, 6.45) is 1.18. The first kappa shape index (κ1) is 20.9. The number of hydrogen-bond donors (Lipinski definition) is 2. The van der Waals surface area contributed by atoms with Gasteiger partial charge < -0.3 is 15.1 Å². The Hall–Kier alpha value is -1.40. The lowest BCUT2D eigenvalue weighted by Gasteiger charge is -2.36. The van der Waals surface area contributed by atoms with Gasteiger partial charge in [0.1, 0.15) is 0 Å². The second-order valence-corrected chi connectivity index (χ2v) is 8.86. The Morgan fingerprint density at radius 1 is 1.31 bits per heavy atom. The highest BCUT2D eigenvalue weighted by atomic mass is 79.9. The van der Waals surface area contributed by atoms with Gasteiger partial charge in [-0.3, -0.25) is 9.59 Å². The third-order valence-electron chi connectivity index (χ3n) is 5.19. The van der Waals surface area contributed by atoms with E-state index >= 15 is 0 Å². The molecular weight excluding hydrogens is 394 g/mol. The monoisotopic (exact) mass is 424 g/mol. The van der Waals surface area contributed by atoms with Crippen LogP contribution < -0.4 is 10.2 Å². The Morgan fingerprint density at radius 2 is 1.92 bits per heavy atom. The Bertz CT molecular complexity index is 654. The minimum Gasteiger partial charge on any atom is -0.337 e. The van der Waals surface area contributed by atoms with Gasteiger partial charge >= 0.3 is 0 Å². The van der Waals surface area contributed by atoms with Crippen molar-refractivity contribution in [1.29, 1.82) is 0 Å². The van der Waals surface area contributed by atoms with Crippen molar-refractivity contribution >= 4 is 33.4 Å². The Kier molecular flexibility index (Phi) is 7.24. The predicted molar refractivity (Wildman–Crippen MR) is 108 cm³/mol. The lowest BCUT2D eigenvalue weighted by Crippen LogP contribution is -3.15. The number of hydrogen-bond acceptors (Lipinski definition) is 2. The third kappa shape index (κ3) is 5.55. The molecule has 1 fully saturated rings. The Morgan fingerprint density at radius 3 is 2.50 bits per heavy atom. The van der Waals surface area contributed by atoms with Gasteiger partial charge in [-0.05, 0) is 55.9 Å². The molecule has 0 spiro atoms. The second kappa shape index (κ2) is 9.00. The molecule has 26 heavy (non-hydrogen) atoms. The van der Waals surface area contributed by atoms with Crippen LogP contribution in [0.2, 0.25) is 0 Å². The van der Waals surface area contributed by atoms with Crippen LogP contribution in [-0.4, -0.2) is 49.4 Å². The van der Waals surface area contributed by atoms with E-state index in [0.29, 0.717) is 11.8 Å². The number of benzene rings is 1. The van der Waals surface area contributed by atoms with Crippen LogP contribution in [0.4, 0.5) is 5.69 Å². The molecule has 1 aliphatic rings. The number of nitrogens with zero attached hydrogens (tertiary/aromatic N) is 1. The fourth-order valence-corrected chi connectivity index (χ4v) is 4.17. The molecule has 144 valence electrons. The van der Waals surface area contributed by atoms with Crippen LogP contribution >= 0.6 is 15.9 Å². The molecule has 2 rings (SSSR count). The van der Waals surface area contributed by atoms with Gasteiger partial charge in [0.2, 0.25) is 0 Å². The number of rotatable bonds is 5. The molecule has 1 saturated heterocycles. The summed E-state index contributed by atoms with van der Waals surface area (Å²) in [5.74, 6) is 1.15. The van der Waals surface area contributed by atoms with Crippen LogP contribution in [-0.2, 0) is 9.59 Å². The fourth-order valence-electron chi connectivity index (χ4n) is 3.70. The molecule has 2 N–H and O–H groups in total.